The fourth-order valence-corrected chi connectivity index (χ4v) is 1.50. The first-order valence-corrected chi connectivity index (χ1v) is 5.54. The molecule has 0 atom stereocenters. The van der Waals surface area contributed by atoms with E-state index >= 15 is 0 Å². The number of carbonyl (C=O) groups is 1. The minimum Gasteiger partial charge on any atom is -0.384 e. The van der Waals surface area contributed by atoms with Crippen LogP contribution in [0.4, 0.5) is 10.1 Å². The van der Waals surface area contributed by atoms with Gasteiger partial charge in [-0.3, -0.25) is 4.79 Å². The lowest BCUT2D eigenvalue weighted by atomic mass is 10.2. The summed E-state index contributed by atoms with van der Waals surface area (Å²) in [6.07, 6.45) is 1.64. The van der Waals surface area contributed by atoms with Crippen LogP contribution in [-0.4, -0.2) is 22.6 Å². The zero-order chi connectivity index (χ0) is 13.7. The van der Waals surface area contributed by atoms with Crippen LogP contribution >= 0.6 is 0 Å². The molecule has 19 heavy (non-hydrogen) atoms. The minimum absolute atomic E-state index is 0.123. The molecule has 0 aliphatic carbocycles. The monoisotopic (exact) mass is 258 g/mol. The van der Waals surface area contributed by atoms with Crippen LogP contribution in [-0.2, 0) is 0 Å². The first-order chi connectivity index (χ1) is 9.20. The number of nitrogens with one attached hydrogen (secondary N) is 2. The van der Waals surface area contributed by atoms with Crippen LogP contribution in [0.2, 0.25) is 0 Å². The highest BCUT2D eigenvalue weighted by Crippen LogP contribution is 2.14. The molecule has 1 heterocycles. The third-order valence-electron chi connectivity index (χ3n) is 2.37. The number of rotatable bonds is 2. The van der Waals surface area contributed by atoms with Crippen LogP contribution < -0.4 is 5.32 Å². The Morgan fingerprint density at radius 1 is 1.42 bits per heavy atom. The van der Waals surface area contributed by atoms with E-state index in [9.17, 15) is 9.18 Å². The van der Waals surface area contributed by atoms with Gasteiger partial charge in [-0.05, 0) is 30.3 Å². The van der Waals surface area contributed by atoms with Crippen molar-refractivity contribution in [3.8, 4) is 11.8 Å². The highest BCUT2D eigenvalue weighted by Gasteiger charge is 2.07. The molecule has 0 radical (unpaired) electrons. The van der Waals surface area contributed by atoms with Crippen LogP contribution in [0.3, 0.4) is 0 Å². The lowest BCUT2D eigenvalue weighted by molar-refractivity contribution is 0.102. The summed E-state index contributed by atoms with van der Waals surface area (Å²) in [5.74, 6) is 4.01. The number of benzene rings is 1. The van der Waals surface area contributed by atoms with Gasteiger partial charge in [0.2, 0.25) is 0 Å². The van der Waals surface area contributed by atoms with Gasteiger partial charge in [0.1, 0.15) is 18.1 Å². The number of hydrogen-bond acceptors (Lipinski definition) is 2. The maximum atomic E-state index is 13.4. The van der Waals surface area contributed by atoms with E-state index in [-0.39, 0.29) is 18.1 Å². The molecule has 1 aromatic heterocycles. The average molecular weight is 258 g/mol. The molecule has 96 valence electrons. The van der Waals surface area contributed by atoms with Gasteiger partial charge in [-0.1, -0.05) is 11.8 Å². The van der Waals surface area contributed by atoms with Crippen LogP contribution in [0.25, 0.3) is 0 Å². The van der Waals surface area contributed by atoms with Crippen molar-refractivity contribution in [3.63, 3.8) is 0 Å². The molecule has 2 aromatic rings. The average Bonchev–Trinajstić information content (AvgIpc) is 2.93. The lowest BCUT2D eigenvalue weighted by Gasteiger charge is -2.04. The molecule has 0 bridgehead atoms. The summed E-state index contributed by atoms with van der Waals surface area (Å²) in [5.41, 5.74) is 0.967. The number of anilines is 1. The molecule has 0 spiro atoms. The summed E-state index contributed by atoms with van der Waals surface area (Å²) >= 11 is 0. The Morgan fingerprint density at radius 2 is 2.26 bits per heavy atom. The molecule has 0 unspecified atom stereocenters. The second kappa shape index (κ2) is 5.85. The second-order valence-electron chi connectivity index (χ2n) is 3.69. The third-order valence-corrected chi connectivity index (χ3v) is 2.37. The quantitative estimate of drug-likeness (QED) is 0.718. The Hall–Kier alpha value is -2.58. The van der Waals surface area contributed by atoms with E-state index in [0.717, 1.165) is 0 Å². The van der Waals surface area contributed by atoms with Gasteiger partial charge in [0.25, 0.3) is 5.91 Å². The molecule has 0 aliphatic rings. The van der Waals surface area contributed by atoms with Crippen LogP contribution in [0.1, 0.15) is 16.1 Å². The molecule has 0 saturated heterocycles. The molecule has 0 fully saturated rings. The van der Waals surface area contributed by atoms with Crippen LogP contribution in [0.15, 0.2) is 36.5 Å². The maximum absolute atomic E-state index is 13.4. The zero-order valence-corrected chi connectivity index (χ0v) is 9.90. The summed E-state index contributed by atoms with van der Waals surface area (Å²) < 4.78 is 13.4. The van der Waals surface area contributed by atoms with Crippen molar-refractivity contribution in [1.29, 1.82) is 0 Å². The lowest BCUT2D eigenvalue weighted by Crippen LogP contribution is -2.12. The largest absolute Gasteiger partial charge is 0.384 e. The predicted molar refractivity (Wildman–Crippen MR) is 69.1 cm³/mol. The van der Waals surface area contributed by atoms with E-state index < -0.39 is 5.82 Å². The maximum Gasteiger partial charge on any atom is 0.272 e. The SMILES string of the molecule is O=C(Nc1ccc(F)c(C#CCO)c1)c1ccc[nH]1. The van der Waals surface area contributed by atoms with E-state index in [0.29, 0.717) is 11.4 Å². The molecular weight excluding hydrogens is 247 g/mol. The van der Waals surface area contributed by atoms with Gasteiger partial charge in [0.15, 0.2) is 0 Å². The van der Waals surface area contributed by atoms with Gasteiger partial charge < -0.3 is 15.4 Å². The molecule has 3 N–H and O–H groups in total. The van der Waals surface area contributed by atoms with Crippen molar-refractivity contribution in [2.24, 2.45) is 0 Å². The molecule has 1 aromatic carbocycles. The van der Waals surface area contributed by atoms with Gasteiger partial charge in [-0.25, -0.2) is 4.39 Å². The number of hydrogen-bond donors (Lipinski definition) is 3. The molecule has 2 rings (SSSR count). The molecule has 4 nitrogen and oxygen atoms in total. The Bertz CT molecular complexity index is 639. The predicted octanol–water partition coefficient (Wildman–Crippen LogP) is 1.75. The molecule has 0 saturated carbocycles. The van der Waals surface area contributed by atoms with Crippen molar-refractivity contribution in [2.45, 2.75) is 0 Å². The van der Waals surface area contributed by atoms with Crippen molar-refractivity contribution in [1.82, 2.24) is 4.98 Å². The van der Waals surface area contributed by atoms with Gasteiger partial charge >= 0.3 is 0 Å². The summed E-state index contributed by atoms with van der Waals surface area (Å²) in [6.45, 7) is -0.349. The van der Waals surface area contributed by atoms with E-state index in [1.165, 1.54) is 18.2 Å². The smallest absolute Gasteiger partial charge is 0.272 e. The summed E-state index contributed by atoms with van der Waals surface area (Å²) in [5, 5.41) is 11.2. The highest BCUT2D eigenvalue weighted by atomic mass is 19.1. The number of aromatic amines is 1. The molecule has 0 aliphatic heterocycles. The van der Waals surface area contributed by atoms with Gasteiger partial charge in [-0.2, -0.15) is 0 Å². The third kappa shape index (κ3) is 3.21. The van der Waals surface area contributed by atoms with Gasteiger partial charge in [0, 0.05) is 11.9 Å². The first kappa shape index (κ1) is 12.9. The Balaban J connectivity index is 2.19. The minimum atomic E-state index is -0.501. The molecule has 5 heteroatoms. The highest BCUT2D eigenvalue weighted by molar-refractivity contribution is 6.02. The topological polar surface area (TPSA) is 65.1 Å². The first-order valence-electron chi connectivity index (χ1n) is 5.54. The van der Waals surface area contributed by atoms with Crippen LogP contribution in [0.5, 0.6) is 0 Å². The Kier molecular flexibility index (Phi) is 3.96. The number of amides is 1. The van der Waals surface area contributed by atoms with E-state index in [2.05, 4.69) is 22.1 Å². The van der Waals surface area contributed by atoms with Crippen molar-refractivity contribution >= 4 is 11.6 Å². The molecular formula is C14H11FN2O2. The van der Waals surface area contributed by atoms with Crippen molar-refractivity contribution in [2.75, 3.05) is 11.9 Å². The number of aromatic nitrogens is 1. The summed E-state index contributed by atoms with van der Waals surface area (Å²) in [7, 11) is 0. The van der Waals surface area contributed by atoms with Crippen LogP contribution in [0, 0.1) is 17.7 Å². The van der Waals surface area contributed by atoms with Crippen molar-refractivity contribution < 1.29 is 14.3 Å². The zero-order valence-electron chi connectivity index (χ0n) is 9.90. The summed E-state index contributed by atoms with van der Waals surface area (Å²) in [6, 6.07) is 7.41. The van der Waals surface area contributed by atoms with Crippen molar-refractivity contribution in [3.05, 3.63) is 53.6 Å². The Morgan fingerprint density at radius 3 is 2.95 bits per heavy atom. The molecule has 1 amide bonds. The van der Waals surface area contributed by atoms with E-state index in [1.54, 1.807) is 18.3 Å². The normalized spacial score (nSPS) is 9.58. The van der Waals surface area contributed by atoms with Gasteiger partial charge in [0.05, 0.1) is 5.56 Å². The van der Waals surface area contributed by atoms with E-state index in [4.69, 9.17) is 5.11 Å². The fourth-order valence-electron chi connectivity index (χ4n) is 1.50. The summed E-state index contributed by atoms with van der Waals surface area (Å²) in [4.78, 5) is 14.5. The number of halogens is 1. The fraction of sp³-hybridized carbons (Fsp3) is 0.0714. The number of aliphatic hydroxyl groups is 1. The second-order valence-corrected chi connectivity index (χ2v) is 3.69. The van der Waals surface area contributed by atoms with Gasteiger partial charge in [-0.15, -0.1) is 0 Å². The number of aliphatic hydroxyl groups excluding tert-OH is 1. The van der Waals surface area contributed by atoms with E-state index in [1.807, 2.05) is 0 Å². The standard InChI is InChI=1S/C14H11FN2O2/c15-12-6-5-11(9-10(12)3-2-8-18)17-14(19)13-4-1-7-16-13/h1,4-7,9,16,18H,8H2,(H,17,19). The number of H-pyrrole nitrogens is 1. The Labute approximate surface area is 109 Å². The number of carbonyl (C=O) groups excluding carboxylic acids is 1.